The molecule has 1 atom stereocenters. The van der Waals surface area contributed by atoms with Gasteiger partial charge in [-0.15, -0.1) is 0 Å². The Balaban J connectivity index is 1.57. The number of nitrogens with two attached hydrogens (primary N) is 1. The van der Waals surface area contributed by atoms with Gasteiger partial charge in [0.1, 0.15) is 0 Å². The van der Waals surface area contributed by atoms with Gasteiger partial charge in [-0.2, -0.15) is 0 Å². The van der Waals surface area contributed by atoms with Crippen LogP contribution in [-0.2, 0) is 0 Å². The molecule has 134 valence electrons. The van der Waals surface area contributed by atoms with Crippen molar-refractivity contribution in [1.29, 1.82) is 0 Å². The number of aliphatic imine (C=N–C) groups is 1. The van der Waals surface area contributed by atoms with Crippen molar-refractivity contribution in [3.63, 3.8) is 0 Å². The summed E-state index contributed by atoms with van der Waals surface area (Å²) in [7, 11) is 2.27. The van der Waals surface area contributed by atoms with Gasteiger partial charge in [-0.3, -0.25) is 9.89 Å². The van der Waals surface area contributed by atoms with E-state index >= 15 is 0 Å². The maximum absolute atomic E-state index is 6.01. The van der Waals surface area contributed by atoms with Crippen LogP contribution in [0, 0.1) is 0 Å². The highest BCUT2D eigenvalue weighted by molar-refractivity contribution is 5.77. The van der Waals surface area contributed by atoms with E-state index in [4.69, 9.17) is 5.73 Å². The minimum Gasteiger partial charge on any atom is -0.370 e. The van der Waals surface area contributed by atoms with E-state index in [0.29, 0.717) is 12.0 Å². The van der Waals surface area contributed by atoms with E-state index in [-0.39, 0.29) is 0 Å². The first kappa shape index (κ1) is 18.5. The molecule has 0 spiro atoms. The molecule has 2 rings (SSSR count). The third-order valence-corrected chi connectivity index (χ3v) is 5.57. The summed E-state index contributed by atoms with van der Waals surface area (Å²) >= 11 is 0. The van der Waals surface area contributed by atoms with Crippen molar-refractivity contribution < 1.29 is 0 Å². The number of nitrogens with zero attached hydrogens (tertiary/aromatic N) is 3. The maximum atomic E-state index is 6.01. The van der Waals surface area contributed by atoms with E-state index in [1.165, 1.54) is 51.5 Å². The number of nitrogens with one attached hydrogen (secondary N) is 1. The van der Waals surface area contributed by atoms with Crippen LogP contribution in [0.3, 0.4) is 0 Å². The molecule has 1 aliphatic heterocycles. The highest BCUT2D eigenvalue weighted by Crippen LogP contribution is 2.21. The SMILES string of the molecule is CCN1CCCC1CN=C(N)NCCCN(C)C1CCCCC1. The lowest BCUT2D eigenvalue weighted by Crippen LogP contribution is -2.38. The first-order valence-corrected chi connectivity index (χ1v) is 9.68. The second kappa shape index (κ2) is 10.1. The molecule has 1 saturated carbocycles. The monoisotopic (exact) mass is 323 g/mol. The lowest BCUT2D eigenvalue weighted by atomic mass is 9.94. The Bertz CT molecular complexity index is 351. The summed E-state index contributed by atoms with van der Waals surface area (Å²) in [5, 5.41) is 3.28. The van der Waals surface area contributed by atoms with Gasteiger partial charge < -0.3 is 16.0 Å². The fourth-order valence-corrected chi connectivity index (χ4v) is 4.03. The summed E-state index contributed by atoms with van der Waals surface area (Å²) in [5.74, 6) is 0.619. The molecule has 3 N–H and O–H groups in total. The molecule has 2 fully saturated rings. The molecular weight excluding hydrogens is 286 g/mol. The Labute approximate surface area is 142 Å². The molecule has 1 unspecified atom stereocenters. The molecule has 5 heteroatoms. The molecule has 0 radical (unpaired) electrons. The van der Waals surface area contributed by atoms with Gasteiger partial charge >= 0.3 is 0 Å². The van der Waals surface area contributed by atoms with Gasteiger partial charge in [0.2, 0.25) is 0 Å². The number of rotatable bonds is 8. The van der Waals surface area contributed by atoms with E-state index in [1.807, 2.05) is 0 Å². The van der Waals surface area contributed by atoms with Crippen LogP contribution in [0.25, 0.3) is 0 Å². The Morgan fingerprint density at radius 1 is 1.22 bits per heavy atom. The largest absolute Gasteiger partial charge is 0.370 e. The normalized spacial score (nSPS) is 24.5. The molecule has 0 aromatic heterocycles. The van der Waals surface area contributed by atoms with Gasteiger partial charge in [0.05, 0.1) is 6.54 Å². The third-order valence-electron chi connectivity index (χ3n) is 5.57. The van der Waals surface area contributed by atoms with Gasteiger partial charge in [0, 0.05) is 18.6 Å². The van der Waals surface area contributed by atoms with Crippen molar-refractivity contribution in [2.45, 2.75) is 70.4 Å². The Kier molecular flexibility index (Phi) is 8.17. The molecule has 1 saturated heterocycles. The first-order chi connectivity index (χ1) is 11.2. The molecule has 5 nitrogen and oxygen atoms in total. The number of likely N-dealkylation sites (tertiary alicyclic amines) is 1. The summed E-state index contributed by atoms with van der Waals surface area (Å²) < 4.78 is 0. The van der Waals surface area contributed by atoms with Gasteiger partial charge in [-0.1, -0.05) is 26.2 Å². The number of likely N-dealkylation sites (N-methyl/N-ethyl adjacent to an activating group) is 1. The minimum absolute atomic E-state index is 0.595. The van der Waals surface area contributed by atoms with Crippen LogP contribution >= 0.6 is 0 Å². The summed E-state index contributed by atoms with van der Waals surface area (Å²) in [4.78, 5) is 9.58. The standard InChI is InChI=1S/C18H37N5/c1-3-23-14-7-11-17(23)15-21-18(19)20-12-8-13-22(2)16-9-5-4-6-10-16/h16-17H,3-15H2,1-2H3,(H3,19,20,21). The van der Waals surface area contributed by atoms with E-state index in [0.717, 1.165) is 38.6 Å². The fraction of sp³-hybridized carbons (Fsp3) is 0.944. The highest BCUT2D eigenvalue weighted by atomic mass is 15.2. The summed E-state index contributed by atoms with van der Waals surface area (Å²) in [6.45, 7) is 7.49. The lowest BCUT2D eigenvalue weighted by molar-refractivity contribution is 0.190. The van der Waals surface area contributed by atoms with Gasteiger partial charge in [-0.25, -0.2) is 0 Å². The molecule has 0 bridgehead atoms. The Hall–Kier alpha value is -0.810. The average Bonchev–Trinajstić information content (AvgIpc) is 3.05. The van der Waals surface area contributed by atoms with Crippen LogP contribution in [0.2, 0.25) is 0 Å². The highest BCUT2D eigenvalue weighted by Gasteiger charge is 2.22. The molecule has 0 aromatic carbocycles. The molecule has 1 heterocycles. The molecule has 0 amide bonds. The number of hydrogen-bond donors (Lipinski definition) is 2. The van der Waals surface area contributed by atoms with Crippen molar-refractivity contribution in [2.75, 3.05) is 39.8 Å². The molecular formula is C18H37N5. The summed E-state index contributed by atoms with van der Waals surface area (Å²) in [6.07, 6.45) is 10.7. The van der Waals surface area contributed by atoms with Crippen molar-refractivity contribution in [1.82, 2.24) is 15.1 Å². The van der Waals surface area contributed by atoms with Crippen molar-refractivity contribution in [3.05, 3.63) is 0 Å². The predicted octanol–water partition coefficient (Wildman–Crippen LogP) is 2.03. The zero-order valence-electron chi connectivity index (χ0n) is 15.3. The number of hydrogen-bond acceptors (Lipinski definition) is 3. The summed E-state index contributed by atoms with van der Waals surface area (Å²) in [6, 6.07) is 1.40. The van der Waals surface area contributed by atoms with Crippen LogP contribution in [0.15, 0.2) is 4.99 Å². The summed E-state index contributed by atoms with van der Waals surface area (Å²) in [5.41, 5.74) is 6.01. The quantitative estimate of drug-likeness (QED) is 0.408. The van der Waals surface area contributed by atoms with E-state index < -0.39 is 0 Å². The second-order valence-corrected chi connectivity index (χ2v) is 7.20. The van der Waals surface area contributed by atoms with Crippen LogP contribution in [0.4, 0.5) is 0 Å². The van der Waals surface area contributed by atoms with Gasteiger partial charge in [-0.05, 0) is 58.8 Å². The van der Waals surface area contributed by atoms with Crippen LogP contribution < -0.4 is 11.1 Å². The van der Waals surface area contributed by atoms with Crippen molar-refractivity contribution in [2.24, 2.45) is 10.7 Å². The number of guanidine groups is 1. The third kappa shape index (κ3) is 6.30. The van der Waals surface area contributed by atoms with Gasteiger partial charge in [0.15, 0.2) is 5.96 Å². The maximum Gasteiger partial charge on any atom is 0.188 e. The minimum atomic E-state index is 0.595. The zero-order chi connectivity index (χ0) is 16.5. The Morgan fingerprint density at radius 3 is 2.74 bits per heavy atom. The van der Waals surface area contributed by atoms with Crippen LogP contribution in [-0.4, -0.2) is 67.6 Å². The second-order valence-electron chi connectivity index (χ2n) is 7.20. The van der Waals surface area contributed by atoms with E-state index in [2.05, 4.69) is 34.1 Å². The van der Waals surface area contributed by atoms with Gasteiger partial charge in [0.25, 0.3) is 0 Å². The molecule has 2 aliphatic rings. The van der Waals surface area contributed by atoms with E-state index in [9.17, 15) is 0 Å². The molecule has 1 aliphatic carbocycles. The average molecular weight is 324 g/mol. The topological polar surface area (TPSA) is 56.9 Å². The lowest BCUT2D eigenvalue weighted by Gasteiger charge is -2.31. The van der Waals surface area contributed by atoms with E-state index in [1.54, 1.807) is 0 Å². The van der Waals surface area contributed by atoms with Crippen molar-refractivity contribution in [3.8, 4) is 0 Å². The zero-order valence-corrected chi connectivity index (χ0v) is 15.3. The molecule has 0 aromatic rings. The Morgan fingerprint density at radius 2 is 2.00 bits per heavy atom. The van der Waals surface area contributed by atoms with Crippen LogP contribution in [0.5, 0.6) is 0 Å². The predicted molar refractivity (Wildman–Crippen MR) is 98.9 cm³/mol. The van der Waals surface area contributed by atoms with Crippen molar-refractivity contribution >= 4 is 5.96 Å². The smallest absolute Gasteiger partial charge is 0.188 e. The first-order valence-electron chi connectivity index (χ1n) is 9.68. The fourth-order valence-electron chi connectivity index (χ4n) is 4.03. The molecule has 23 heavy (non-hydrogen) atoms. The van der Waals surface area contributed by atoms with Crippen LogP contribution in [0.1, 0.15) is 58.3 Å².